The second kappa shape index (κ2) is 5.21. The highest BCUT2D eigenvalue weighted by molar-refractivity contribution is 5.53. The Kier molecular flexibility index (Phi) is 3.25. The lowest BCUT2D eigenvalue weighted by Gasteiger charge is -2.08. The van der Waals surface area contributed by atoms with Crippen molar-refractivity contribution in [3.63, 3.8) is 0 Å². The van der Waals surface area contributed by atoms with Gasteiger partial charge in [-0.3, -0.25) is 4.68 Å². The highest BCUT2D eigenvalue weighted by Crippen LogP contribution is 2.17. The van der Waals surface area contributed by atoms with Gasteiger partial charge in [0.1, 0.15) is 0 Å². The molecule has 1 N–H and O–H groups in total. The molecule has 0 radical (unpaired) electrons. The predicted molar refractivity (Wildman–Crippen MR) is 79.0 cm³/mol. The van der Waals surface area contributed by atoms with Gasteiger partial charge in [-0.25, -0.2) is 4.98 Å². The first-order valence-electron chi connectivity index (χ1n) is 6.55. The summed E-state index contributed by atoms with van der Waals surface area (Å²) in [5.41, 5.74) is 3.03. The van der Waals surface area contributed by atoms with Crippen LogP contribution in [-0.4, -0.2) is 19.3 Å². The monoisotopic (exact) mass is 267 g/mol. The predicted octanol–water partition coefficient (Wildman–Crippen LogP) is 2.72. The molecule has 3 aromatic rings. The fourth-order valence-corrected chi connectivity index (χ4v) is 2.14. The fraction of sp³-hybridized carbons (Fsp3) is 0.200. The van der Waals surface area contributed by atoms with Crippen LogP contribution >= 0.6 is 0 Å². The third-order valence-electron chi connectivity index (χ3n) is 3.03. The molecule has 0 fully saturated rings. The Balaban J connectivity index is 1.84. The van der Waals surface area contributed by atoms with Crippen LogP contribution in [0.2, 0.25) is 0 Å². The largest absolute Gasteiger partial charge is 0.326 e. The van der Waals surface area contributed by atoms with Crippen LogP contribution in [0.3, 0.4) is 0 Å². The Morgan fingerprint density at radius 3 is 2.65 bits per heavy atom. The third kappa shape index (κ3) is 2.71. The first kappa shape index (κ1) is 12.5. The van der Waals surface area contributed by atoms with Gasteiger partial charge in [-0.2, -0.15) is 5.10 Å². The standard InChI is InChI=1S/C15H17N5/c1-12-10-20(11-14-8-9-19(2)18-14)15(16-12)17-13-6-4-3-5-7-13/h3-10H,11H2,1-2H3,(H,16,17). The number of hydrogen-bond donors (Lipinski definition) is 1. The van der Waals surface area contributed by atoms with Gasteiger partial charge in [-0.1, -0.05) is 18.2 Å². The molecule has 3 rings (SSSR count). The molecule has 0 aliphatic carbocycles. The van der Waals surface area contributed by atoms with Crippen molar-refractivity contribution < 1.29 is 0 Å². The van der Waals surface area contributed by atoms with Gasteiger partial charge < -0.3 is 9.88 Å². The Morgan fingerprint density at radius 1 is 1.15 bits per heavy atom. The number of benzene rings is 1. The molecule has 5 nitrogen and oxygen atoms in total. The van der Waals surface area contributed by atoms with E-state index in [1.807, 2.05) is 67.4 Å². The minimum absolute atomic E-state index is 0.705. The second-order valence-corrected chi connectivity index (χ2v) is 4.81. The maximum Gasteiger partial charge on any atom is 0.207 e. The molecule has 0 saturated carbocycles. The molecule has 20 heavy (non-hydrogen) atoms. The highest BCUT2D eigenvalue weighted by atomic mass is 15.3. The molecular formula is C15H17N5. The summed E-state index contributed by atoms with van der Waals surface area (Å²) in [4.78, 5) is 4.53. The normalized spacial score (nSPS) is 10.7. The van der Waals surface area contributed by atoms with Crippen LogP contribution in [0.5, 0.6) is 0 Å². The van der Waals surface area contributed by atoms with Crippen molar-refractivity contribution in [3.8, 4) is 0 Å². The SMILES string of the molecule is Cc1cn(Cc2ccn(C)n2)c(Nc2ccccc2)n1. The smallest absolute Gasteiger partial charge is 0.207 e. The first-order valence-corrected chi connectivity index (χ1v) is 6.55. The number of nitrogens with zero attached hydrogens (tertiary/aromatic N) is 4. The Hall–Kier alpha value is -2.56. The highest BCUT2D eigenvalue weighted by Gasteiger charge is 2.07. The molecule has 2 aromatic heterocycles. The van der Waals surface area contributed by atoms with Gasteiger partial charge in [0.2, 0.25) is 5.95 Å². The topological polar surface area (TPSA) is 47.7 Å². The molecule has 0 bridgehead atoms. The van der Waals surface area contributed by atoms with Crippen LogP contribution in [0.4, 0.5) is 11.6 Å². The van der Waals surface area contributed by atoms with Gasteiger partial charge in [-0.05, 0) is 25.1 Å². The lowest BCUT2D eigenvalue weighted by Crippen LogP contribution is -2.05. The average molecular weight is 267 g/mol. The first-order chi connectivity index (χ1) is 9.70. The lowest BCUT2D eigenvalue weighted by atomic mass is 10.3. The maximum absolute atomic E-state index is 4.53. The van der Waals surface area contributed by atoms with Crippen molar-refractivity contribution in [1.82, 2.24) is 19.3 Å². The zero-order chi connectivity index (χ0) is 13.9. The van der Waals surface area contributed by atoms with Crippen molar-refractivity contribution in [2.45, 2.75) is 13.5 Å². The van der Waals surface area contributed by atoms with Gasteiger partial charge >= 0.3 is 0 Å². The minimum atomic E-state index is 0.705. The van der Waals surface area contributed by atoms with E-state index in [0.717, 1.165) is 23.0 Å². The van der Waals surface area contributed by atoms with Gasteiger partial charge in [0.15, 0.2) is 0 Å². The van der Waals surface area contributed by atoms with Gasteiger partial charge in [-0.15, -0.1) is 0 Å². The zero-order valence-electron chi connectivity index (χ0n) is 11.6. The van der Waals surface area contributed by atoms with E-state index in [1.54, 1.807) is 0 Å². The van der Waals surface area contributed by atoms with Crippen molar-refractivity contribution in [2.75, 3.05) is 5.32 Å². The summed E-state index contributed by atoms with van der Waals surface area (Å²) < 4.78 is 3.88. The number of imidazole rings is 1. The number of anilines is 2. The fourth-order valence-electron chi connectivity index (χ4n) is 2.14. The molecule has 0 aliphatic rings. The van der Waals surface area contributed by atoms with Crippen molar-refractivity contribution >= 4 is 11.6 Å². The van der Waals surface area contributed by atoms with E-state index < -0.39 is 0 Å². The van der Waals surface area contributed by atoms with Gasteiger partial charge in [0, 0.05) is 25.1 Å². The molecule has 0 spiro atoms. The molecule has 102 valence electrons. The summed E-state index contributed by atoms with van der Waals surface area (Å²) in [6, 6.07) is 12.1. The number of rotatable bonds is 4. The minimum Gasteiger partial charge on any atom is -0.326 e. The van der Waals surface area contributed by atoms with E-state index in [2.05, 4.69) is 20.0 Å². The van der Waals surface area contributed by atoms with Crippen LogP contribution in [0.15, 0.2) is 48.8 Å². The van der Waals surface area contributed by atoms with E-state index in [9.17, 15) is 0 Å². The summed E-state index contributed by atoms with van der Waals surface area (Å²) in [7, 11) is 1.92. The summed E-state index contributed by atoms with van der Waals surface area (Å²) in [6.45, 7) is 2.70. The lowest BCUT2D eigenvalue weighted by molar-refractivity contribution is 0.709. The van der Waals surface area contributed by atoms with E-state index in [4.69, 9.17) is 0 Å². The van der Waals surface area contributed by atoms with Crippen LogP contribution in [0.1, 0.15) is 11.4 Å². The van der Waals surface area contributed by atoms with Crippen molar-refractivity contribution in [1.29, 1.82) is 0 Å². The maximum atomic E-state index is 4.53. The Bertz CT molecular complexity index is 696. The summed E-state index contributed by atoms with van der Waals surface area (Å²) in [5.74, 6) is 0.833. The quantitative estimate of drug-likeness (QED) is 0.790. The van der Waals surface area contributed by atoms with E-state index in [0.29, 0.717) is 6.54 Å². The van der Waals surface area contributed by atoms with Crippen LogP contribution in [0.25, 0.3) is 0 Å². The molecule has 5 heteroatoms. The van der Waals surface area contributed by atoms with Crippen molar-refractivity contribution in [2.24, 2.45) is 7.05 Å². The van der Waals surface area contributed by atoms with Gasteiger partial charge in [0.25, 0.3) is 0 Å². The Labute approximate surface area is 117 Å². The number of aromatic nitrogens is 4. The summed E-state index contributed by atoms with van der Waals surface area (Å²) in [5, 5.41) is 7.74. The molecule has 2 heterocycles. The molecule has 0 unspecified atom stereocenters. The number of para-hydroxylation sites is 1. The van der Waals surface area contributed by atoms with E-state index in [1.165, 1.54) is 0 Å². The third-order valence-corrected chi connectivity index (χ3v) is 3.03. The van der Waals surface area contributed by atoms with Crippen LogP contribution < -0.4 is 5.32 Å². The summed E-state index contributed by atoms with van der Waals surface area (Å²) >= 11 is 0. The molecule has 0 saturated heterocycles. The molecule has 1 aromatic carbocycles. The Morgan fingerprint density at radius 2 is 1.95 bits per heavy atom. The van der Waals surface area contributed by atoms with Crippen molar-refractivity contribution in [3.05, 3.63) is 60.2 Å². The van der Waals surface area contributed by atoms with E-state index in [-0.39, 0.29) is 0 Å². The number of aryl methyl sites for hydroxylation is 2. The van der Waals surface area contributed by atoms with E-state index >= 15 is 0 Å². The number of nitrogens with one attached hydrogen (secondary N) is 1. The second-order valence-electron chi connectivity index (χ2n) is 4.81. The average Bonchev–Trinajstić information content (AvgIpc) is 2.98. The van der Waals surface area contributed by atoms with Crippen LogP contribution in [-0.2, 0) is 13.6 Å². The molecular weight excluding hydrogens is 250 g/mol. The van der Waals surface area contributed by atoms with Crippen LogP contribution in [0, 0.1) is 6.92 Å². The zero-order valence-corrected chi connectivity index (χ0v) is 11.6. The van der Waals surface area contributed by atoms with Gasteiger partial charge in [0.05, 0.1) is 17.9 Å². The molecule has 0 amide bonds. The summed E-state index contributed by atoms with van der Waals surface area (Å²) in [6.07, 6.45) is 3.98. The number of hydrogen-bond acceptors (Lipinski definition) is 3. The molecule has 0 aliphatic heterocycles. The molecule has 0 atom stereocenters.